The highest BCUT2D eigenvalue weighted by atomic mass is 16.2. The topological polar surface area (TPSA) is 41.1 Å². The fraction of sp³-hybridized carbons (Fsp3) is 0.929. The number of carbonyl (C=O) groups is 1. The summed E-state index contributed by atoms with van der Waals surface area (Å²) in [5, 5.41) is 6.04. The third-order valence-electron chi connectivity index (χ3n) is 4.46. The van der Waals surface area contributed by atoms with E-state index in [1.807, 2.05) is 0 Å². The number of nitrogens with one attached hydrogen (secondary N) is 2. The fourth-order valence-electron chi connectivity index (χ4n) is 3.57. The summed E-state index contributed by atoms with van der Waals surface area (Å²) in [5.41, 5.74) is 0. The van der Waals surface area contributed by atoms with Gasteiger partial charge in [0.1, 0.15) is 0 Å². The number of urea groups is 1. The molecular formula is C14H26N2O. The van der Waals surface area contributed by atoms with Crippen molar-refractivity contribution in [2.24, 2.45) is 23.7 Å². The summed E-state index contributed by atoms with van der Waals surface area (Å²) in [7, 11) is 0. The standard InChI is InChI=1S/C14H26N2O/c1-9(2)8-15-14(17)16-10(3)13-7-11-4-5-12(13)6-11/h9-13H,4-8H2,1-3H3,(H2,15,16,17). The molecule has 0 radical (unpaired) electrons. The molecule has 2 amide bonds. The Kier molecular flexibility index (Phi) is 3.95. The van der Waals surface area contributed by atoms with E-state index in [2.05, 4.69) is 31.4 Å². The predicted molar refractivity (Wildman–Crippen MR) is 69.8 cm³/mol. The zero-order chi connectivity index (χ0) is 12.4. The minimum atomic E-state index is 0.00831. The molecule has 17 heavy (non-hydrogen) atoms. The molecule has 2 rings (SSSR count). The van der Waals surface area contributed by atoms with E-state index in [1.165, 1.54) is 25.7 Å². The van der Waals surface area contributed by atoms with Crippen LogP contribution in [-0.4, -0.2) is 18.6 Å². The zero-order valence-electron chi connectivity index (χ0n) is 11.3. The lowest BCUT2D eigenvalue weighted by Crippen LogP contribution is -2.46. The first-order valence-corrected chi connectivity index (χ1v) is 7.10. The summed E-state index contributed by atoms with van der Waals surface area (Å²) in [6, 6.07) is 0.339. The van der Waals surface area contributed by atoms with Crippen LogP contribution in [0.4, 0.5) is 4.79 Å². The Hall–Kier alpha value is -0.730. The van der Waals surface area contributed by atoms with Gasteiger partial charge in [-0.25, -0.2) is 4.79 Å². The molecule has 0 aromatic carbocycles. The third-order valence-corrected chi connectivity index (χ3v) is 4.46. The lowest BCUT2D eigenvalue weighted by Gasteiger charge is -2.28. The number of carbonyl (C=O) groups excluding carboxylic acids is 1. The van der Waals surface area contributed by atoms with Gasteiger partial charge in [-0.1, -0.05) is 20.3 Å². The molecule has 2 aliphatic rings. The van der Waals surface area contributed by atoms with Crippen molar-refractivity contribution in [3.63, 3.8) is 0 Å². The quantitative estimate of drug-likeness (QED) is 0.777. The molecule has 4 unspecified atom stereocenters. The van der Waals surface area contributed by atoms with E-state index in [4.69, 9.17) is 0 Å². The molecule has 0 spiro atoms. The average molecular weight is 238 g/mol. The smallest absolute Gasteiger partial charge is 0.315 e. The van der Waals surface area contributed by atoms with Crippen molar-refractivity contribution in [1.29, 1.82) is 0 Å². The normalized spacial score (nSPS) is 32.8. The lowest BCUT2D eigenvalue weighted by atomic mass is 9.84. The van der Waals surface area contributed by atoms with Gasteiger partial charge in [-0.3, -0.25) is 0 Å². The van der Waals surface area contributed by atoms with Gasteiger partial charge in [-0.05, 0) is 49.9 Å². The van der Waals surface area contributed by atoms with Gasteiger partial charge < -0.3 is 10.6 Å². The van der Waals surface area contributed by atoms with Gasteiger partial charge in [0.05, 0.1) is 0 Å². The van der Waals surface area contributed by atoms with Gasteiger partial charge >= 0.3 is 6.03 Å². The summed E-state index contributed by atoms with van der Waals surface area (Å²) in [6.45, 7) is 7.15. The fourth-order valence-corrected chi connectivity index (χ4v) is 3.57. The number of hydrogen-bond acceptors (Lipinski definition) is 1. The van der Waals surface area contributed by atoms with Gasteiger partial charge in [0.15, 0.2) is 0 Å². The molecule has 3 nitrogen and oxygen atoms in total. The van der Waals surface area contributed by atoms with E-state index >= 15 is 0 Å². The largest absolute Gasteiger partial charge is 0.338 e. The molecule has 0 aromatic rings. The van der Waals surface area contributed by atoms with Crippen molar-refractivity contribution < 1.29 is 4.79 Å². The second-order valence-corrected chi connectivity index (χ2v) is 6.38. The van der Waals surface area contributed by atoms with Crippen molar-refractivity contribution in [2.75, 3.05) is 6.54 Å². The van der Waals surface area contributed by atoms with E-state index in [1.54, 1.807) is 0 Å². The van der Waals surface area contributed by atoms with Crippen LogP contribution in [0.15, 0.2) is 0 Å². The molecule has 2 aliphatic carbocycles. The second-order valence-electron chi connectivity index (χ2n) is 6.38. The van der Waals surface area contributed by atoms with Crippen LogP contribution in [0.5, 0.6) is 0 Å². The second kappa shape index (κ2) is 5.28. The molecule has 3 heteroatoms. The van der Waals surface area contributed by atoms with Crippen molar-refractivity contribution in [1.82, 2.24) is 10.6 Å². The Bertz CT molecular complexity index is 277. The zero-order valence-corrected chi connectivity index (χ0v) is 11.3. The maximum atomic E-state index is 11.7. The molecule has 2 saturated carbocycles. The van der Waals surface area contributed by atoms with E-state index in [9.17, 15) is 4.79 Å². The summed E-state index contributed by atoms with van der Waals surface area (Å²) in [4.78, 5) is 11.7. The van der Waals surface area contributed by atoms with Crippen LogP contribution in [0.1, 0.15) is 46.5 Å². The molecular weight excluding hydrogens is 212 g/mol. The Labute approximate surface area is 105 Å². The monoisotopic (exact) mass is 238 g/mol. The summed E-state index contributed by atoms with van der Waals surface area (Å²) in [6.07, 6.45) is 5.54. The minimum absolute atomic E-state index is 0.00831. The first-order valence-electron chi connectivity index (χ1n) is 7.10. The summed E-state index contributed by atoms with van der Waals surface area (Å²) < 4.78 is 0. The molecule has 0 saturated heterocycles. The summed E-state index contributed by atoms with van der Waals surface area (Å²) in [5.74, 6) is 3.06. The number of fused-ring (bicyclic) bond motifs is 2. The molecule has 2 bridgehead atoms. The number of amides is 2. The van der Waals surface area contributed by atoms with Gasteiger partial charge in [0.25, 0.3) is 0 Å². The van der Waals surface area contributed by atoms with E-state index in [-0.39, 0.29) is 6.03 Å². The highest BCUT2D eigenvalue weighted by Crippen LogP contribution is 2.49. The van der Waals surface area contributed by atoms with Crippen molar-refractivity contribution in [2.45, 2.75) is 52.5 Å². The van der Waals surface area contributed by atoms with Crippen LogP contribution in [-0.2, 0) is 0 Å². The molecule has 0 heterocycles. The van der Waals surface area contributed by atoms with Gasteiger partial charge in [-0.15, -0.1) is 0 Å². The van der Waals surface area contributed by atoms with Gasteiger partial charge in [0.2, 0.25) is 0 Å². The maximum absolute atomic E-state index is 11.7. The molecule has 2 N–H and O–H groups in total. The van der Waals surface area contributed by atoms with Crippen LogP contribution in [0.25, 0.3) is 0 Å². The van der Waals surface area contributed by atoms with E-state index < -0.39 is 0 Å². The molecule has 98 valence electrons. The molecule has 4 atom stereocenters. The van der Waals surface area contributed by atoms with Crippen molar-refractivity contribution >= 4 is 6.03 Å². The average Bonchev–Trinajstić information content (AvgIpc) is 2.87. The van der Waals surface area contributed by atoms with Crippen LogP contribution < -0.4 is 10.6 Å². The Balaban J connectivity index is 1.73. The molecule has 2 fully saturated rings. The lowest BCUT2D eigenvalue weighted by molar-refractivity contribution is 0.219. The van der Waals surface area contributed by atoms with Crippen molar-refractivity contribution in [3.8, 4) is 0 Å². The highest BCUT2D eigenvalue weighted by molar-refractivity contribution is 5.74. The molecule has 0 aliphatic heterocycles. The number of rotatable bonds is 4. The van der Waals surface area contributed by atoms with Gasteiger partial charge in [0, 0.05) is 12.6 Å². The Morgan fingerprint density at radius 3 is 2.53 bits per heavy atom. The van der Waals surface area contributed by atoms with Crippen LogP contribution in [0, 0.1) is 23.7 Å². The first kappa shape index (κ1) is 12.7. The highest BCUT2D eigenvalue weighted by Gasteiger charge is 2.42. The van der Waals surface area contributed by atoms with Crippen molar-refractivity contribution in [3.05, 3.63) is 0 Å². The van der Waals surface area contributed by atoms with Gasteiger partial charge in [-0.2, -0.15) is 0 Å². The minimum Gasteiger partial charge on any atom is -0.338 e. The van der Waals surface area contributed by atoms with Crippen LogP contribution in [0.3, 0.4) is 0 Å². The SMILES string of the molecule is CC(C)CNC(=O)NC(C)C1CC2CCC1C2. The maximum Gasteiger partial charge on any atom is 0.315 e. The third kappa shape index (κ3) is 3.14. The Morgan fingerprint density at radius 1 is 1.24 bits per heavy atom. The summed E-state index contributed by atoms with van der Waals surface area (Å²) >= 11 is 0. The first-order chi connectivity index (χ1) is 8.06. The number of hydrogen-bond donors (Lipinski definition) is 2. The van der Waals surface area contributed by atoms with E-state index in [0.717, 1.165) is 24.3 Å². The Morgan fingerprint density at radius 2 is 2.00 bits per heavy atom. The van der Waals surface area contributed by atoms with Crippen LogP contribution in [0.2, 0.25) is 0 Å². The van der Waals surface area contributed by atoms with Crippen LogP contribution >= 0.6 is 0 Å². The predicted octanol–water partition coefficient (Wildman–Crippen LogP) is 2.77. The molecule has 0 aromatic heterocycles. The van der Waals surface area contributed by atoms with E-state index in [0.29, 0.717) is 12.0 Å².